The second-order valence-corrected chi connectivity index (χ2v) is 8.42. The zero-order valence-electron chi connectivity index (χ0n) is 16.1. The number of nitrogens with zero attached hydrogens (tertiary/aromatic N) is 2. The average molecular weight is 347 g/mol. The van der Waals surface area contributed by atoms with Gasteiger partial charge in [0.2, 0.25) is 0 Å². The number of aliphatic hydroxyl groups is 1. The number of likely N-dealkylation sites (N-methyl/N-ethyl adjacent to an activating group) is 1. The van der Waals surface area contributed by atoms with Gasteiger partial charge in [0, 0.05) is 31.7 Å². The van der Waals surface area contributed by atoms with Crippen LogP contribution in [0.2, 0.25) is 0 Å². The summed E-state index contributed by atoms with van der Waals surface area (Å²) in [5.41, 5.74) is 1.34. The second-order valence-electron chi connectivity index (χ2n) is 8.42. The van der Waals surface area contributed by atoms with E-state index in [9.17, 15) is 5.11 Å². The predicted molar refractivity (Wildman–Crippen MR) is 102 cm³/mol. The van der Waals surface area contributed by atoms with Gasteiger partial charge in [-0.2, -0.15) is 0 Å². The van der Waals surface area contributed by atoms with Crippen LogP contribution in [0.15, 0.2) is 18.2 Å². The van der Waals surface area contributed by atoms with Crippen molar-refractivity contribution >= 4 is 0 Å². The van der Waals surface area contributed by atoms with Crippen molar-refractivity contribution in [3.63, 3.8) is 0 Å². The molecule has 1 fully saturated rings. The standard InChI is InChI=1S/C21H34N2O2/c1-21(24,16-22(2)3)19-9-10-20-18(13-19)15-23(11-12-25-20)14-17-7-5-4-6-8-17/h9-10,13,17,24H,4-8,11-12,14-16H2,1-3H3. The van der Waals surface area contributed by atoms with Gasteiger partial charge in [-0.25, -0.2) is 0 Å². The van der Waals surface area contributed by atoms with Crippen molar-refractivity contribution in [3.8, 4) is 5.75 Å². The van der Waals surface area contributed by atoms with Gasteiger partial charge >= 0.3 is 0 Å². The summed E-state index contributed by atoms with van der Waals surface area (Å²) in [6.07, 6.45) is 6.95. The van der Waals surface area contributed by atoms with E-state index in [2.05, 4.69) is 11.0 Å². The van der Waals surface area contributed by atoms with Crippen molar-refractivity contribution in [1.29, 1.82) is 0 Å². The van der Waals surface area contributed by atoms with Crippen molar-refractivity contribution in [2.75, 3.05) is 40.3 Å². The first-order valence-electron chi connectivity index (χ1n) is 9.80. The molecule has 1 N–H and O–H groups in total. The third kappa shape index (κ3) is 4.96. The first-order chi connectivity index (χ1) is 11.9. The Hall–Kier alpha value is -1.10. The molecule has 0 saturated heterocycles. The Kier molecular flexibility index (Phi) is 6.03. The Morgan fingerprint density at radius 2 is 2.00 bits per heavy atom. The van der Waals surface area contributed by atoms with Gasteiger partial charge in [0.25, 0.3) is 0 Å². The molecule has 0 bridgehead atoms. The smallest absolute Gasteiger partial charge is 0.123 e. The summed E-state index contributed by atoms with van der Waals surface area (Å²) in [6.45, 7) is 6.37. The first kappa shape index (κ1) is 18.7. The highest BCUT2D eigenvalue weighted by Crippen LogP contribution is 2.31. The lowest BCUT2D eigenvalue weighted by Gasteiger charge is -2.29. The zero-order chi connectivity index (χ0) is 17.9. The molecule has 4 nitrogen and oxygen atoms in total. The van der Waals surface area contributed by atoms with E-state index >= 15 is 0 Å². The second kappa shape index (κ2) is 8.07. The Bertz CT molecular complexity index is 565. The third-order valence-corrected chi connectivity index (χ3v) is 5.61. The first-order valence-corrected chi connectivity index (χ1v) is 9.80. The predicted octanol–water partition coefficient (Wildman–Crippen LogP) is 3.23. The summed E-state index contributed by atoms with van der Waals surface area (Å²) in [7, 11) is 3.99. The molecule has 1 aliphatic heterocycles. The zero-order valence-corrected chi connectivity index (χ0v) is 16.1. The number of hydrogen-bond donors (Lipinski definition) is 1. The molecule has 1 heterocycles. The summed E-state index contributed by atoms with van der Waals surface area (Å²) in [4.78, 5) is 4.57. The monoisotopic (exact) mass is 346 g/mol. The van der Waals surface area contributed by atoms with Gasteiger partial charge in [-0.3, -0.25) is 4.90 Å². The maximum Gasteiger partial charge on any atom is 0.123 e. The Labute approximate surface area is 152 Å². The lowest BCUT2D eigenvalue weighted by molar-refractivity contribution is 0.0299. The summed E-state index contributed by atoms with van der Waals surface area (Å²) in [5, 5.41) is 10.9. The summed E-state index contributed by atoms with van der Waals surface area (Å²) < 4.78 is 5.98. The molecular weight excluding hydrogens is 312 g/mol. The van der Waals surface area contributed by atoms with Crippen molar-refractivity contribution in [2.24, 2.45) is 5.92 Å². The van der Waals surface area contributed by atoms with Gasteiger partial charge in [0.05, 0.1) is 5.60 Å². The topological polar surface area (TPSA) is 35.9 Å². The fourth-order valence-corrected chi connectivity index (χ4v) is 4.38. The van der Waals surface area contributed by atoms with Gasteiger partial charge in [-0.05, 0) is 57.5 Å². The molecule has 0 radical (unpaired) electrons. The van der Waals surface area contributed by atoms with Gasteiger partial charge in [-0.15, -0.1) is 0 Å². The maximum atomic E-state index is 10.9. The van der Waals surface area contributed by atoms with Crippen molar-refractivity contribution in [3.05, 3.63) is 29.3 Å². The fourth-order valence-electron chi connectivity index (χ4n) is 4.38. The van der Waals surface area contributed by atoms with E-state index in [0.29, 0.717) is 6.54 Å². The van der Waals surface area contributed by atoms with Crippen molar-refractivity contribution < 1.29 is 9.84 Å². The molecule has 1 atom stereocenters. The van der Waals surface area contributed by atoms with E-state index in [1.54, 1.807) is 0 Å². The number of hydrogen-bond acceptors (Lipinski definition) is 4. The number of fused-ring (bicyclic) bond motifs is 1. The average Bonchev–Trinajstić information content (AvgIpc) is 2.75. The number of ether oxygens (including phenoxy) is 1. The molecule has 1 aromatic carbocycles. The minimum Gasteiger partial charge on any atom is -0.492 e. The quantitative estimate of drug-likeness (QED) is 0.888. The molecular formula is C21H34N2O2. The molecule has 4 heteroatoms. The van der Waals surface area contributed by atoms with Gasteiger partial charge < -0.3 is 14.7 Å². The summed E-state index contributed by atoms with van der Waals surface area (Å²) >= 11 is 0. The summed E-state index contributed by atoms with van der Waals surface area (Å²) in [6, 6.07) is 6.20. The fraction of sp³-hybridized carbons (Fsp3) is 0.714. The van der Waals surface area contributed by atoms with Crippen LogP contribution < -0.4 is 4.74 Å². The highest BCUT2D eigenvalue weighted by molar-refractivity contribution is 5.40. The maximum absolute atomic E-state index is 10.9. The molecule has 1 unspecified atom stereocenters. The Balaban J connectivity index is 1.73. The van der Waals surface area contributed by atoms with E-state index in [1.165, 1.54) is 44.2 Å². The minimum absolute atomic E-state index is 0.610. The molecule has 1 aliphatic carbocycles. The Morgan fingerprint density at radius 3 is 2.72 bits per heavy atom. The lowest BCUT2D eigenvalue weighted by Crippen LogP contribution is -2.35. The molecule has 140 valence electrons. The molecule has 0 amide bonds. The minimum atomic E-state index is -0.848. The van der Waals surface area contributed by atoms with Gasteiger partial charge in [-0.1, -0.05) is 25.3 Å². The SMILES string of the molecule is CN(C)CC(C)(O)c1ccc2c(c1)CN(CC1CCCCC1)CCO2. The van der Waals surface area contributed by atoms with Crippen LogP contribution in [-0.2, 0) is 12.1 Å². The van der Waals surface area contributed by atoms with Crippen LogP contribution in [0.4, 0.5) is 0 Å². The van der Waals surface area contributed by atoms with E-state index in [-0.39, 0.29) is 0 Å². The van der Waals surface area contributed by atoms with E-state index < -0.39 is 5.60 Å². The van der Waals surface area contributed by atoms with Gasteiger partial charge in [0.15, 0.2) is 0 Å². The van der Waals surface area contributed by atoms with Crippen LogP contribution >= 0.6 is 0 Å². The van der Waals surface area contributed by atoms with Crippen LogP contribution in [0.25, 0.3) is 0 Å². The van der Waals surface area contributed by atoms with Crippen LogP contribution in [0, 0.1) is 5.92 Å². The molecule has 0 spiro atoms. The van der Waals surface area contributed by atoms with Crippen LogP contribution in [0.3, 0.4) is 0 Å². The number of rotatable bonds is 5. The molecule has 1 saturated carbocycles. The number of benzene rings is 1. The highest BCUT2D eigenvalue weighted by Gasteiger charge is 2.26. The molecule has 0 aromatic heterocycles. The largest absolute Gasteiger partial charge is 0.492 e. The van der Waals surface area contributed by atoms with E-state index in [4.69, 9.17) is 4.74 Å². The van der Waals surface area contributed by atoms with E-state index in [0.717, 1.165) is 36.9 Å². The van der Waals surface area contributed by atoms with Crippen LogP contribution in [0.5, 0.6) is 5.75 Å². The lowest BCUT2D eigenvalue weighted by atomic mass is 9.88. The summed E-state index contributed by atoms with van der Waals surface area (Å²) in [5.74, 6) is 1.82. The molecule has 1 aromatic rings. The normalized spacial score (nSPS) is 22.1. The van der Waals surface area contributed by atoms with Crippen LogP contribution in [-0.4, -0.2) is 55.2 Å². The Morgan fingerprint density at radius 1 is 1.24 bits per heavy atom. The van der Waals surface area contributed by atoms with E-state index in [1.807, 2.05) is 38.1 Å². The van der Waals surface area contributed by atoms with Crippen molar-refractivity contribution in [2.45, 2.75) is 51.2 Å². The highest BCUT2D eigenvalue weighted by atomic mass is 16.5. The molecule has 2 aliphatic rings. The van der Waals surface area contributed by atoms with Crippen molar-refractivity contribution in [1.82, 2.24) is 9.80 Å². The van der Waals surface area contributed by atoms with Gasteiger partial charge in [0.1, 0.15) is 12.4 Å². The molecule has 3 rings (SSSR count). The third-order valence-electron chi connectivity index (χ3n) is 5.61. The van der Waals surface area contributed by atoms with Crippen LogP contribution in [0.1, 0.15) is 50.2 Å². The molecule has 25 heavy (non-hydrogen) atoms.